The standard InChI is InChI=1S/C22H24N4O2/c1-14-9-10-18(11-15(14)2)22(28)24-13-20(27)25-16(3)21-23-12-19(26-21)17-7-5-4-6-8-17/h4-12,16H,13H2,1-3H3,(H,23,26)(H,24,28)(H,25,27). The second-order valence-electron chi connectivity index (χ2n) is 6.82. The average molecular weight is 376 g/mol. The van der Waals surface area contributed by atoms with Gasteiger partial charge < -0.3 is 15.6 Å². The fourth-order valence-corrected chi connectivity index (χ4v) is 2.83. The molecule has 2 aromatic carbocycles. The first kappa shape index (κ1) is 19.4. The van der Waals surface area contributed by atoms with Gasteiger partial charge in [-0.1, -0.05) is 36.4 Å². The highest BCUT2D eigenvalue weighted by atomic mass is 16.2. The van der Waals surface area contributed by atoms with Crippen LogP contribution in [0.1, 0.15) is 40.3 Å². The van der Waals surface area contributed by atoms with Gasteiger partial charge in [0.25, 0.3) is 5.91 Å². The maximum atomic E-state index is 12.2. The summed E-state index contributed by atoms with van der Waals surface area (Å²) in [4.78, 5) is 32.0. The molecular weight excluding hydrogens is 352 g/mol. The molecular formula is C22H24N4O2. The molecule has 0 aliphatic carbocycles. The van der Waals surface area contributed by atoms with Crippen LogP contribution in [0.5, 0.6) is 0 Å². The Kier molecular flexibility index (Phi) is 5.89. The van der Waals surface area contributed by atoms with Crippen molar-refractivity contribution in [3.63, 3.8) is 0 Å². The van der Waals surface area contributed by atoms with Gasteiger partial charge in [-0.05, 0) is 49.6 Å². The molecule has 28 heavy (non-hydrogen) atoms. The number of nitrogens with zero attached hydrogens (tertiary/aromatic N) is 1. The van der Waals surface area contributed by atoms with Crippen LogP contribution in [0.25, 0.3) is 11.3 Å². The van der Waals surface area contributed by atoms with Crippen LogP contribution in [0.3, 0.4) is 0 Å². The third kappa shape index (κ3) is 4.65. The van der Waals surface area contributed by atoms with Crippen molar-refractivity contribution >= 4 is 11.8 Å². The van der Waals surface area contributed by atoms with Crippen molar-refractivity contribution in [3.05, 3.63) is 77.2 Å². The predicted octanol–water partition coefficient (Wildman–Crippen LogP) is 3.30. The molecule has 2 amide bonds. The molecule has 6 heteroatoms. The van der Waals surface area contributed by atoms with Crippen molar-refractivity contribution in [2.24, 2.45) is 0 Å². The van der Waals surface area contributed by atoms with E-state index in [9.17, 15) is 9.59 Å². The van der Waals surface area contributed by atoms with Crippen LogP contribution >= 0.6 is 0 Å². The van der Waals surface area contributed by atoms with E-state index in [0.29, 0.717) is 11.4 Å². The third-order valence-electron chi connectivity index (χ3n) is 4.65. The average Bonchev–Trinajstić information content (AvgIpc) is 3.19. The number of aromatic nitrogens is 2. The van der Waals surface area contributed by atoms with Crippen LogP contribution in [0.2, 0.25) is 0 Å². The Morgan fingerprint density at radius 1 is 1.07 bits per heavy atom. The zero-order chi connectivity index (χ0) is 20.1. The number of amides is 2. The molecule has 3 rings (SSSR count). The number of hydrogen-bond acceptors (Lipinski definition) is 3. The van der Waals surface area contributed by atoms with Crippen molar-refractivity contribution in [3.8, 4) is 11.3 Å². The number of carbonyl (C=O) groups excluding carboxylic acids is 2. The van der Waals surface area contributed by atoms with Crippen molar-refractivity contribution < 1.29 is 9.59 Å². The van der Waals surface area contributed by atoms with Crippen molar-refractivity contribution in [1.29, 1.82) is 0 Å². The molecule has 0 fully saturated rings. The number of aromatic amines is 1. The molecule has 6 nitrogen and oxygen atoms in total. The topological polar surface area (TPSA) is 86.9 Å². The van der Waals surface area contributed by atoms with Gasteiger partial charge in [-0.3, -0.25) is 9.59 Å². The molecule has 0 saturated heterocycles. The van der Waals surface area contributed by atoms with Gasteiger partial charge in [0.15, 0.2) is 0 Å². The van der Waals surface area contributed by atoms with Crippen LogP contribution in [0, 0.1) is 13.8 Å². The SMILES string of the molecule is Cc1ccc(C(=O)NCC(=O)NC(C)c2ncc(-c3ccccc3)[nH]2)cc1C. The highest BCUT2D eigenvalue weighted by Gasteiger charge is 2.15. The number of H-pyrrole nitrogens is 1. The number of nitrogens with one attached hydrogen (secondary N) is 3. The zero-order valence-corrected chi connectivity index (χ0v) is 16.2. The number of hydrogen-bond donors (Lipinski definition) is 3. The Bertz CT molecular complexity index is 979. The molecule has 0 radical (unpaired) electrons. The van der Waals surface area contributed by atoms with E-state index in [2.05, 4.69) is 20.6 Å². The monoisotopic (exact) mass is 376 g/mol. The van der Waals surface area contributed by atoms with Crippen molar-refractivity contribution in [2.45, 2.75) is 26.8 Å². The van der Waals surface area contributed by atoms with Gasteiger partial charge in [-0.15, -0.1) is 0 Å². The molecule has 3 aromatic rings. The van der Waals surface area contributed by atoms with Gasteiger partial charge in [0, 0.05) is 5.56 Å². The summed E-state index contributed by atoms with van der Waals surface area (Å²) < 4.78 is 0. The lowest BCUT2D eigenvalue weighted by atomic mass is 10.1. The smallest absolute Gasteiger partial charge is 0.251 e. The summed E-state index contributed by atoms with van der Waals surface area (Å²) in [6.45, 7) is 5.69. The number of aryl methyl sites for hydroxylation is 2. The van der Waals surface area contributed by atoms with Crippen LogP contribution in [0.15, 0.2) is 54.7 Å². The van der Waals surface area contributed by atoms with Crippen LogP contribution in [-0.4, -0.2) is 28.3 Å². The molecule has 0 aliphatic rings. The summed E-state index contributed by atoms with van der Waals surface area (Å²) >= 11 is 0. The Hall–Kier alpha value is -3.41. The number of rotatable bonds is 6. The first-order valence-corrected chi connectivity index (χ1v) is 9.19. The minimum atomic E-state index is -0.302. The molecule has 1 aromatic heterocycles. The summed E-state index contributed by atoms with van der Waals surface area (Å²) in [5.74, 6) is 0.116. The van der Waals surface area contributed by atoms with Crippen LogP contribution < -0.4 is 10.6 Å². The van der Waals surface area contributed by atoms with Crippen molar-refractivity contribution in [2.75, 3.05) is 6.54 Å². The second-order valence-corrected chi connectivity index (χ2v) is 6.82. The lowest BCUT2D eigenvalue weighted by Crippen LogP contribution is -2.38. The van der Waals surface area contributed by atoms with E-state index in [1.165, 1.54) is 0 Å². The molecule has 1 atom stereocenters. The summed E-state index contributed by atoms with van der Waals surface area (Å²) in [5.41, 5.74) is 4.62. The van der Waals surface area contributed by atoms with Gasteiger partial charge >= 0.3 is 0 Å². The summed E-state index contributed by atoms with van der Waals surface area (Å²) in [6.07, 6.45) is 1.74. The van der Waals surface area contributed by atoms with E-state index in [1.54, 1.807) is 12.3 Å². The normalized spacial score (nSPS) is 11.7. The van der Waals surface area contributed by atoms with E-state index in [1.807, 2.05) is 63.2 Å². The van der Waals surface area contributed by atoms with E-state index >= 15 is 0 Å². The predicted molar refractivity (Wildman–Crippen MR) is 109 cm³/mol. The zero-order valence-electron chi connectivity index (χ0n) is 16.2. The minimum absolute atomic E-state index is 0.0949. The lowest BCUT2D eigenvalue weighted by Gasteiger charge is -2.12. The van der Waals surface area contributed by atoms with Gasteiger partial charge in [0.05, 0.1) is 24.5 Å². The maximum Gasteiger partial charge on any atom is 0.251 e. The van der Waals surface area contributed by atoms with E-state index in [0.717, 1.165) is 22.4 Å². The maximum absolute atomic E-state index is 12.2. The lowest BCUT2D eigenvalue weighted by molar-refractivity contribution is -0.120. The van der Waals surface area contributed by atoms with Gasteiger partial charge in [-0.2, -0.15) is 0 Å². The number of imidazole rings is 1. The molecule has 1 heterocycles. The molecule has 0 aliphatic heterocycles. The van der Waals surface area contributed by atoms with Gasteiger partial charge in [-0.25, -0.2) is 4.98 Å². The Labute approximate surface area is 164 Å². The fraction of sp³-hybridized carbons (Fsp3) is 0.227. The van der Waals surface area contributed by atoms with Crippen LogP contribution in [0.4, 0.5) is 0 Å². The van der Waals surface area contributed by atoms with E-state index in [-0.39, 0.29) is 24.4 Å². The molecule has 1 unspecified atom stereocenters. The Balaban J connectivity index is 1.54. The molecule has 0 bridgehead atoms. The quantitative estimate of drug-likeness (QED) is 0.617. The third-order valence-corrected chi connectivity index (χ3v) is 4.65. The highest BCUT2D eigenvalue weighted by molar-refractivity contribution is 5.96. The Morgan fingerprint density at radius 2 is 1.82 bits per heavy atom. The van der Waals surface area contributed by atoms with Crippen molar-refractivity contribution in [1.82, 2.24) is 20.6 Å². The minimum Gasteiger partial charge on any atom is -0.345 e. The second kappa shape index (κ2) is 8.52. The largest absolute Gasteiger partial charge is 0.345 e. The Morgan fingerprint density at radius 3 is 2.54 bits per heavy atom. The van der Waals surface area contributed by atoms with Gasteiger partial charge in [0.1, 0.15) is 5.82 Å². The molecule has 0 spiro atoms. The fourth-order valence-electron chi connectivity index (χ4n) is 2.83. The number of carbonyl (C=O) groups is 2. The summed E-state index contributed by atoms with van der Waals surface area (Å²) in [5, 5.41) is 5.49. The van der Waals surface area contributed by atoms with E-state index in [4.69, 9.17) is 0 Å². The van der Waals surface area contributed by atoms with Crippen LogP contribution in [-0.2, 0) is 4.79 Å². The first-order valence-electron chi connectivity index (χ1n) is 9.19. The summed E-state index contributed by atoms with van der Waals surface area (Å²) in [7, 11) is 0. The summed E-state index contributed by atoms with van der Waals surface area (Å²) in [6, 6.07) is 15.0. The molecule has 3 N–H and O–H groups in total. The highest BCUT2D eigenvalue weighted by Crippen LogP contribution is 2.18. The number of benzene rings is 2. The van der Waals surface area contributed by atoms with E-state index < -0.39 is 0 Å². The molecule has 144 valence electrons. The first-order chi connectivity index (χ1) is 13.4. The molecule has 0 saturated carbocycles. The van der Waals surface area contributed by atoms with Gasteiger partial charge in [0.2, 0.25) is 5.91 Å².